The Morgan fingerprint density at radius 3 is 2.78 bits per heavy atom. The Kier molecular flexibility index (Phi) is 6.98. The van der Waals surface area contributed by atoms with Crippen LogP contribution in [0.3, 0.4) is 0 Å². The normalized spacial score (nSPS) is 17.8. The van der Waals surface area contributed by atoms with Crippen LogP contribution >= 0.6 is 0 Å². The van der Waals surface area contributed by atoms with E-state index in [0.717, 1.165) is 19.0 Å². The molecule has 150 valence electrons. The van der Waals surface area contributed by atoms with Gasteiger partial charge in [-0.2, -0.15) is 0 Å². The molecule has 1 saturated heterocycles. The minimum Gasteiger partial charge on any atom is -0.444 e. The summed E-state index contributed by atoms with van der Waals surface area (Å²) < 4.78 is 32.2. The van der Waals surface area contributed by atoms with Crippen molar-refractivity contribution in [3.63, 3.8) is 0 Å². The number of nitrogens with zero attached hydrogens (tertiary/aromatic N) is 2. The molecule has 1 atom stereocenters. The van der Waals surface area contributed by atoms with E-state index in [9.17, 15) is 13.6 Å². The molecule has 1 unspecified atom stereocenters. The van der Waals surface area contributed by atoms with Crippen LogP contribution in [-0.2, 0) is 11.2 Å². The standard InChI is InChI=1S/C19H28F2N4O2/c1-19(2,3)27-18(26)24-14-9-11-25(12-14)17(22-4)23-10-8-13-6-5-7-15(20)16(13)21/h5-7,14H,8-12H2,1-4H3,(H,22,23)(H,24,26). The third-order valence-corrected chi connectivity index (χ3v) is 4.13. The first-order chi connectivity index (χ1) is 12.7. The molecule has 2 N–H and O–H groups in total. The third kappa shape index (κ3) is 6.37. The number of nitrogens with one attached hydrogen (secondary N) is 2. The van der Waals surface area contributed by atoms with Gasteiger partial charge in [0.2, 0.25) is 0 Å². The molecule has 0 saturated carbocycles. The maximum atomic E-state index is 13.7. The van der Waals surface area contributed by atoms with E-state index in [1.54, 1.807) is 13.1 Å². The van der Waals surface area contributed by atoms with Gasteiger partial charge in [0.25, 0.3) is 0 Å². The molecule has 1 fully saturated rings. The van der Waals surface area contributed by atoms with Gasteiger partial charge < -0.3 is 20.3 Å². The van der Waals surface area contributed by atoms with E-state index in [0.29, 0.717) is 31.0 Å². The van der Waals surface area contributed by atoms with E-state index in [-0.39, 0.29) is 6.04 Å². The van der Waals surface area contributed by atoms with Crippen molar-refractivity contribution in [2.24, 2.45) is 4.99 Å². The van der Waals surface area contributed by atoms with Crippen molar-refractivity contribution in [3.05, 3.63) is 35.4 Å². The van der Waals surface area contributed by atoms with Crippen LogP contribution < -0.4 is 10.6 Å². The fourth-order valence-electron chi connectivity index (χ4n) is 2.93. The minimum absolute atomic E-state index is 0.0286. The molecule has 0 aromatic heterocycles. The monoisotopic (exact) mass is 382 g/mol. The van der Waals surface area contributed by atoms with Crippen molar-refractivity contribution in [2.45, 2.75) is 45.3 Å². The van der Waals surface area contributed by atoms with Crippen LogP contribution in [0.25, 0.3) is 0 Å². The summed E-state index contributed by atoms with van der Waals surface area (Å²) in [7, 11) is 1.67. The molecule has 27 heavy (non-hydrogen) atoms. The summed E-state index contributed by atoms with van der Waals surface area (Å²) in [4.78, 5) is 18.1. The number of likely N-dealkylation sites (tertiary alicyclic amines) is 1. The summed E-state index contributed by atoms with van der Waals surface area (Å²) in [5, 5.41) is 6.02. The zero-order valence-electron chi connectivity index (χ0n) is 16.3. The molecule has 0 aliphatic carbocycles. The van der Waals surface area contributed by atoms with Crippen LogP contribution in [0.15, 0.2) is 23.2 Å². The average Bonchev–Trinajstić information content (AvgIpc) is 3.01. The van der Waals surface area contributed by atoms with E-state index in [2.05, 4.69) is 15.6 Å². The lowest BCUT2D eigenvalue weighted by atomic mass is 10.1. The van der Waals surface area contributed by atoms with Gasteiger partial charge in [0.1, 0.15) is 5.60 Å². The Bertz CT molecular complexity index is 689. The Hall–Kier alpha value is -2.38. The average molecular weight is 382 g/mol. The first-order valence-electron chi connectivity index (χ1n) is 9.07. The fraction of sp³-hybridized carbons (Fsp3) is 0.579. The van der Waals surface area contributed by atoms with Crippen molar-refractivity contribution in [1.29, 1.82) is 0 Å². The molecule has 1 amide bonds. The molecule has 0 radical (unpaired) electrons. The van der Waals surface area contributed by atoms with Crippen LogP contribution in [0.5, 0.6) is 0 Å². The Labute approximate surface area is 159 Å². The van der Waals surface area contributed by atoms with Crippen molar-refractivity contribution >= 4 is 12.1 Å². The molecule has 0 spiro atoms. The summed E-state index contributed by atoms with van der Waals surface area (Å²) >= 11 is 0. The number of benzene rings is 1. The number of rotatable bonds is 4. The number of guanidine groups is 1. The van der Waals surface area contributed by atoms with Gasteiger partial charge in [-0.15, -0.1) is 0 Å². The van der Waals surface area contributed by atoms with Crippen LogP contribution in [-0.4, -0.2) is 55.3 Å². The lowest BCUT2D eigenvalue weighted by Gasteiger charge is -2.23. The van der Waals surface area contributed by atoms with Crippen LogP contribution in [0, 0.1) is 11.6 Å². The maximum absolute atomic E-state index is 13.7. The molecule has 8 heteroatoms. The number of halogens is 2. The zero-order chi connectivity index (χ0) is 20.0. The summed E-state index contributed by atoms with van der Waals surface area (Å²) in [6.45, 7) is 7.22. The predicted molar refractivity (Wildman–Crippen MR) is 101 cm³/mol. The predicted octanol–water partition coefficient (Wildman–Crippen LogP) is 2.68. The third-order valence-electron chi connectivity index (χ3n) is 4.13. The number of amides is 1. The number of hydrogen-bond donors (Lipinski definition) is 2. The highest BCUT2D eigenvalue weighted by Crippen LogP contribution is 2.13. The van der Waals surface area contributed by atoms with Gasteiger partial charge in [-0.1, -0.05) is 12.1 Å². The molecule has 2 rings (SSSR count). The minimum atomic E-state index is -0.840. The molecule has 1 heterocycles. The number of hydrogen-bond acceptors (Lipinski definition) is 3. The van der Waals surface area contributed by atoms with E-state index in [1.807, 2.05) is 25.7 Å². The molecule has 1 aliphatic heterocycles. The number of aliphatic imine (C=N–C) groups is 1. The highest BCUT2D eigenvalue weighted by molar-refractivity contribution is 5.80. The largest absolute Gasteiger partial charge is 0.444 e. The molecular formula is C19H28F2N4O2. The van der Waals surface area contributed by atoms with Crippen molar-refractivity contribution < 1.29 is 18.3 Å². The summed E-state index contributed by atoms with van der Waals surface area (Å²) in [6, 6.07) is 4.14. The quantitative estimate of drug-likeness (QED) is 0.621. The van der Waals surface area contributed by atoms with Gasteiger partial charge in [-0.05, 0) is 45.2 Å². The van der Waals surface area contributed by atoms with Crippen LogP contribution in [0.2, 0.25) is 0 Å². The van der Waals surface area contributed by atoms with Crippen molar-refractivity contribution in [1.82, 2.24) is 15.5 Å². The Morgan fingerprint density at radius 1 is 1.37 bits per heavy atom. The molecule has 1 aliphatic rings. The highest BCUT2D eigenvalue weighted by atomic mass is 19.2. The topological polar surface area (TPSA) is 66.0 Å². The first-order valence-corrected chi connectivity index (χ1v) is 9.07. The summed E-state index contributed by atoms with van der Waals surface area (Å²) in [5.41, 5.74) is -0.213. The van der Waals surface area contributed by atoms with Gasteiger partial charge in [-0.3, -0.25) is 4.99 Å². The van der Waals surface area contributed by atoms with Gasteiger partial charge >= 0.3 is 6.09 Å². The van der Waals surface area contributed by atoms with E-state index in [1.165, 1.54) is 6.07 Å². The number of carbonyl (C=O) groups is 1. The van der Waals surface area contributed by atoms with E-state index < -0.39 is 23.3 Å². The zero-order valence-corrected chi connectivity index (χ0v) is 16.3. The summed E-state index contributed by atoms with van der Waals surface area (Å²) in [6.07, 6.45) is 0.688. The van der Waals surface area contributed by atoms with Gasteiger partial charge in [-0.25, -0.2) is 13.6 Å². The van der Waals surface area contributed by atoms with Gasteiger partial charge in [0, 0.05) is 26.7 Å². The van der Waals surface area contributed by atoms with Crippen LogP contribution in [0.4, 0.5) is 13.6 Å². The lowest BCUT2D eigenvalue weighted by molar-refractivity contribution is 0.0507. The van der Waals surface area contributed by atoms with E-state index >= 15 is 0 Å². The SMILES string of the molecule is CN=C(NCCc1cccc(F)c1F)N1CCC(NC(=O)OC(C)(C)C)C1. The molecule has 0 bridgehead atoms. The number of carbonyl (C=O) groups excluding carboxylic acids is 1. The summed E-state index contributed by atoms with van der Waals surface area (Å²) in [5.74, 6) is -0.982. The second kappa shape index (κ2) is 9.01. The fourth-order valence-corrected chi connectivity index (χ4v) is 2.93. The molecule has 6 nitrogen and oxygen atoms in total. The number of ether oxygens (including phenoxy) is 1. The Morgan fingerprint density at radius 2 is 2.11 bits per heavy atom. The number of alkyl carbamates (subject to hydrolysis) is 1. The maximum Gasteiger partial charge on any atom is 0.407 e. The van der Waals surface area contributed by atoms with Crippen LogP contribution in [0.1, 0.15) is 32.8 Å². The smallest absolute Gasteiger partial charge is 0.407 e. The van der Waals surface area contributed by atoms with Gasteiger partial charge in [0.15, 0.2) is 17.6 Å². The second-order valence-corrected chi connectivity index (χ2v) is 7.51. The Balaban J connectivity index is 1.81. The van der Waals surface area contributed by atoms with Crippen molar-refractivity contribution in [2.75, 3.05) is 26.7 Å². The molecular weight excluding hydrogens is 354 g/mol. The second-order valence-electron chi connectivity index (χ2n) is 7.51. The first kappa shape index (κ1) is 20.9. The lowest BCUT2D eigenvalue weighted by Crippen LogP contribution is -2.44. The highest BCUT2D eigenvalue weighted by Gasteiger charge is 2.27. The van der Waals surface area contributed by atoms with E-state index in [4.69, 9.17) is 4.74 Å². The molecule has 1 aromatic rings. The van der Waals surface area contributed by atoms with Crippen molar-refractivity contribution in [3.8, 4) is 0 Å². The molecule has 1 aromatic carbocycles. The van der Waals surface area contributed by atoms with Gasteiger partial charge in [0.05, 0.1) is 6.04 Å².